The zero-order valence-corrected chi connectivity index (χ0v) is 9.36. The van der Waals surface area contributed by atoms with Crippen LogP contribution in [0.3, 0.4) is 0 Å². The van der Waals surface area contributed by atoms with E-state index in [0.717, 1.165) is 17.9 Å². The van der Waals surface area contributed by atoms with Gasteiger partial charge in [0.15, 0.2) is 5.65 Å². The minimum Gasteiger partial charge on any atom is -0.325 e. The summed E-state index contributed by atoms with van der Waals surface area (Å²) in [5.74, 6) is 0.914. The van der Waals surface area contributed by atoms with Gasteiger partial charge in [-0.25, -0.2) is 0 Å². The van der Waals surface area contributed by atoms with E-state index in [1.54, 1.807) is 0 Å². The van der Waals surface area contributed by atoms with Crippen molar-refractivity contribution in [2.24, 2.45) is 5.73 Å². The smallest absolute Gasteiger partial charge is 0.161 e. The Morgan fingerprint density at radius 2 is 2.13 bits per heavy atom. The Hall–Kier alpha value is -1.42. The predicted molar refractivity (Wildman–Crippen MR) is 59.7 cm³/mol. The average molecular weight is 204 g/mol. The van der Waals surface area contributed by atoms with Crippen LogP contribution in [0.25, 0.3) is 5.65 Å². The molecule has 0 radical (unpaired) electrons. The van der Waals surface area contributed by atoms with Crippen molar-refractivity contribution in [3.63, 3.8) is 0 Å². The first-order valence-electron chi connectivity index (χ1n) is 5.05. The van der Waals surface area contributed by atoms with Crippen LogP contribution in [0.4, 0.5) is 0 Å². The molecule has 2 aromatic heterocycles. The molecule has 0 spiro atoms. The van der Waals surface area contributed by atoms with E-state index in [0.29, 0.717) is 0 Å². The quantitative estimate of drug-likeness (QED) is 0.802. The van der Waals surface area contributed by atoms with Crippen molar-refractivity contribution >= 4 is 5.65 Å². The number of nitrogens with two attached hydrogens (primary N) is 1. The van der Waals surface area contributed by atoms with E-state index in [9.17, 15) is 0 Å². The number of hydrogen-bond acceptors (Lipinski definition) is 3. The summed E-state index contributed by atoms with van der Waals surface area (Å²) in [6, 6.07) is 4.06. The number of aryl methyl sites for hydroxylation is 1. The Labute approximate surface area is 89.1 Å². The van der Waals surface area contributed by atoms with Crippen LogP contribution < -0.4 is 5.73 Å². The van der Waals surface area contributed by atoms with E-state index < -0.39 is 0 Å². The predicted octanol–water partition coefficient (Wildman–Crippen LogP) is 1.32. The highest BCUT2D eigenvalue weighted by atomic mass is 15.2. The number of nitrogens with zero attached hydrogens (tertiary/aromatic N) is 3. The first-order valence-corrected chi connectivity index (χ1v) is 5.05. The van der Waals surface area contributed by atoms with Crippen LogP contribution in [0, 0.1) is 6.92 Å². The third-order valence-corrected chi connectivity index (χ3v) is 2.25. The first kappa shape index (κ1) is 10.1. The van der Waals surface area contributed by atoms with E-state index in [2.05, 4.69) is 10.2 Å². The molecule has 4 heteroatoms. The van der Waals surface area contributed by atoms with Gasteiger partial charge in [0.25, 0.3) is 0 Å². The molecule has 0 bridgehead atoms. The molecule has 0 aromatic carbocycles. The van der Waals surface area contributed by atoms with Gasteiger partial charge in [0.2, 0.25) is 0 Å². The van der Waals surface area contributed by atoms with Crippen molar-refractivity contribution in [3.8, 4) is 0 Å². The third-order valence-electron chi connectivity index (χ3n) is 2.25. The molecule has 0 aliphatic rings. The van der Waals surface area contributed by atoms with Gasteiger partial charge in [-0.15, -0.1) is 10.2 Å². The van der Waals surface area contributed by atoms with Gasteiger partial charge < -0.3 is 5.73 Å². The number of aromatic nitrogens is 3. The maximum Gasteiger partial charge on any atom is 0.161 e. The molecule has 2 N–H and O–H groups in total. The lowest BCUT2D eigenvalue weighted by atomic mass is 10.0. The summed E-state index contributed by atoms with van der Waals surface area (Å²) < 4.78 is 1.99. The first-order chi connectivity index (χ1) is 6.96. The molecule has 0 atom stereocenters. The Morgan fingerprint density at radius 3 is 2.80 bits per heavy atom. The second kappa shape index (κ2) is 3.31. The highest BCUT2D eigenvalue weighted by Gasteiger charge is 2.16. The highest BCUT2D eigenvalue weighted by molar-refractivity contribution is 5.40. The lowest BCUT2D eigenvalue weighted by Gasteiger charge is -2.16. The Balaban J connectivity index is 2.45. The molecule has 0 aliphatic heterocycles. The molecule has 2 rings (SSSR count). The molecule has 4 nitrogen and oxygen atoms in total. The molecule has 2 heterocycles. The zero-order valence-electron chi connectivity index (χ0n) is 9.36. The minimum absolute atomic E-state index is 0.256. The third kappa shape index (κ3) is 2.15. The van der Waals surface area contributed by atoms with E-state index in [1.165, 1.54) is 5.56 Å². The molecule has 2 aromatic rings. The molecule has 80 valence electrons. The SMILES string of the molecule is Cc1ccn2c(CC(C)(C)N)nnc2c1. The van der Waals surface area contributed by atoms with Crippen LogP contribution in [0.15, 0.2) is 18.3 Å². The minimum atomic E-state index is -0.256. The summed E-state index contributed by atoms with van der Waals surface area (Å²) in [5, 5.41) is 8.28. The second-order valence-electron chi connectivity index (χ2n) is 4.71. The van der Waals surface area contributed by atoms with E-state index in [-0.39, 0.29) is 5.54 Å². The molecular weight excluding hydrogens is 188 g/mol. The van der Waals surface area contributed by atoms with Crippen molar-refractivity contribution < 1.29 is 0 Å². The highest BCUT2D eigenvalue weighted by Crippen LogP contribution is 2.11. The van der Waals surface area contributed by atoms with Gasteiger partial charge in [-0.1, -0.05) is 0 Å². The van der Waals surface area contributed by atoms with Crippen LogP contribution in [0.5, 0.6) is 0 Å². The van der Waals surface area contributed by atoms with E-state index in [4.69, 9.17) is 5.73 Å². The fourth-order valence-electron chi connectivity index (χ4n) is 1.57. The summed E-state index contributed by atoms with van der Waals surface area (Å²) in [6.07, 6.45) is 2.71. The van der Waals surface area contributed by atoms with Crippen molar-refractivity contribution in [1.29, 1.82) is 0 Å². The number of fused-ring (bicyclic) bond motifs is 1. The fraction of sp³-hybridized carbons (Fsp3) is 0.455. The van der Waals surface area contributed by atoms with Gasteiger partial charge in [-0.2, -0.15) is 0 Å². The summed E-state index contributed by atoms with van der Waals surface area (Å²) in [4.78, 5) is 0. The summed E-state index contributed by atoms with van der Waals surface area (Å²) in [5.41, 5.74) is 7.78. The van der Waals surface area contributed by atoms with Gasteiger partial charge >= 0.3 is 0 Å². The maximum atomic E-state index is 5.97. The molecule has 0 aliphatic carbocycles. The van der Waals surface area contributed by atoms with Gasteiger partial charge in [0.05, 0.1) is 0 Å². The van der Waals surface area contributed by atoms with Crippen LogP contribution >= 0.6 is 0 Å². The molecular formula is C11H16N4. The van der Waals surface area contributed by atoms with Gasteiger partial charge in [-0.05, 0) is 38.5 Å². The molecule has 15 heavy (non-hydrogen) atoms. The van der Waals surface area contributed by atoms with E-state index in [1.807, 2.05) is 43.5 Å². The van der Waals surface area contributed by atoms with Crippen LogP contribution in [-0.4, -0.2) is 20.1 Å². The molecule has 0 saturated heterocycles. The monoisotopic (exact) mass is 204 g/mol. The Kier molecular flexibility index (Phi) is 2.23. The van der Waals surface area contributed by atoms with Crippen molar-refractivity contribution in [2.45, 2.75) is 32.7 Å². The molecule has 0 unspecified atom stereocenters. The van der Waals surface area contributed by atoms with Crippen molar-refractivity contribution in [3.05, 3.63) is 29.7 Å². The van der Waals surface area contributed by atoms with Gasteiger partial charge in [0, 0.05) is 18.2 Å². The Bertz CT molecular complexity index is 479. The number of rotatable bonds is 2. The summed E-state index contributed by atoms with van der Waals surface area (Å²) in [7, 11) is 0. The Morgan fingerprint density at radius 1 is 1.40 bits per heavy atom. The van der Waals surface area contributed by atoms with Gasteiger partial charge in [-0.3, -0.25) is 4.40 Å². The van der Waals surface area contributed by atoms with Crippen molar-refractivity contribution in [2.75, 3.05) is 0 Å². The molecule has 0 amide bonds. The van der Waals surface area contributed by atoms with Gasteiger partial charge in [0.1, 0.15) is 5.82 Å². The standard InChI is InChI=1S/C11H16N4/c1-8-4-5-15-9(6-8)13-14-10(15)7-11(2,3)12/h4-6H,7,12H2,1-3H3. The molecule has 0 saturated carbocycles. The zero-order chi connectivity index (χ0) is 11.1. The fourth-order valence-corrected chi connectivity index (χ4v) is 1.57. The lowest BCUT2D eigenvalue weighted by Crippen LogP contribution is -2.35. The maximum absolute atomic E-state index is 5.97. The topological polar surface area (TPSA) is 56.2 Å². The number of hydrogen-bond donors (Lipinski definition) is 1. The van der Waals surface area contributed by atoms with Crippen molar-refractivity contribution in [1.82, 2.24) is 14.6 Å². The van der Waals surface area contributed by atoms with Crippen LogP contribution in [-0.2, 0) is 6.42 Å². The lowest BCUT2D eigenvalue weighted by molar-refractivity contribution is 0.500. The van der Waals surface area contributed by atoms with Crippen LogP contribution in [0.1, 0.15) is 25.2 Å². The van der Waals surface area contributed by atoms with Crippen LogP contribution in [0.2, 0.25) is 0 Å². The average Bonchev–Trinajstić information content (AvgIpc) is 2.45. The second-order valence-corrected chi connectivity index (χ2v) is 4.71. The summed E-state index contributed by atoms with van der Waals surface area (Å²) >= 11 is 0. The van der Waals surface area contributed by atoms with E-state index >= 15 is 0 Å². The normalized spacial score (nSPS) is 12.3. The summed E-state index contributed by atoms with van der Waals surface area (Å²) in [6.45, 7) is 6.02. The number of pyridine rings is 1. The largest absolute Gasteiger partial charge is 0.325 e. The molecule has 0 fully saturated rings.